The number of fused-ring (bicyclic) bond motifs is 1. The minimum atomic E-state index is -3.49. The third kappa shape index (κ3) is 4.43. The summed E-state index contributed by atoms with van der Waals surface area (Å²) in [6.45, 7) is 1.16. The highest BCUT2D eigenvalue weighted by Gasteiger charge is 2.26. The molecule has 2 heterocycles. The molecule has 132 valence electrons. The first-order chi connectivity index (χ1) is 11.9. The second-order valence-electron chi connectivity index (χ2n) is 6.22. The van der Waals surface area contributed by atoms with Crippen molar-refractivity contribution in [2.45, 2.75) is 19.5 Å². The van der Waals surface area contributed by atoms with Gasteiger partial charge in [-0.2, -0.15) is 4.31 Å². The van der Waals surface area contributed by atoms with E-state index in [1.54, 1.807) is 29.4 Å². The van der Waals surface area contributed by atoms with Crippen molar-refractivity contribution < 1.29 is 13.2 Å². The molecule has 0 atom stereocenters. The number of benzene rings is 1. The fraction of sp³-hybridized carbons (Fsp3) is 0.333. The number of amides is 1. The van der Waals surface area contributed by atoms with Crippen molar-refractivity contribution in [1.82, 2.24) is 14.2 Å². The lowest BCUT2D eigenvalue weighted by Crippen LogP contribution is -2.44. The van der Waals surface area contributed by atoms with Crippen LogP contribution in [0.3, 0.4) is 0 Å². The number of sulfonamides is 1. The van der Waals surface area contributed by atoms with Gasteiger partial charge in [0, 0.05) is 32.0 Å². The molecule has 0 spiro atoms. The minimum absolute atomic E-state index is 0.149. The summed E-state index contributed by atoms with van der Waals surface area (Å²) in [6.07, 6.45) is 5.15. The van der Waals surface area contributed by atoms with Gasteiger partial charge in [-0.25, -0.2) is 8.42 Å². The highest BCUT2D eigenvalue weighted by molar-refractivity contribution is 7.88. The molecule has 1 amide bonds. The van der Waals surface area contributed by atoms with Crippen LogP contribution in [-0.2, 0) is 34.3 Å². The molecular weight excluding hydrogens is 338 g/mol. The lowest BCUT2D eigenvalue weighted by atomic mass is 10.00. The van der Waals surface area contributed by atoms with Gasteiger partial charge in [0.2, 0.25) is 15.9 Å². The molecule has 1 aromatic carbocycles. The molecular formula is C18H21N3O3S. The molecule has 1 aromatic heterocycles. The zero-order valence-corrected chi connectivity index (χ0v) is 14.9. The van der Waals surface area contributed by atoms with Gasteiger partial charge in [0.25, 0.3) is 0 Å². The summed E-state index contributed by atoms with van der Waals surface area (Å²) in [4.78, 5) is 18.3. The second-order valence-corrected chi connectivity index (χ2v) is 8.20. The molecule has 0 fully saturated rings. The number of carbonyl (C=O) groups is 1. The largest absolute Gasteiger partial charge is 0.337 e. The average molecular weight is 359 g/mol. The molecule has 0 aliphatic carbocycles. The number of aromatic nitrogens is 1. The molecule has 3 rings (SSSR count). The maximum Gasteiger partial charge on any atom is 0.238 e. The van der Waals surface area contributed by atoms with Gasteiger partial charge in [0.05, 0.1) is 12.8 Å². The molecule has 0 saturated heterocycles. The van der Waals surface area contributed by atoms with Crippen LogP contribution in [0.1, 0.15) is 16.7 Å². The van der Waals surface area contributed by atoms with E-state index >= 15 is 0 Å². The summed E-state index contributed by atoms with van der Waals surface area (Å²) in [5.41, 5.74) is 3.18. The maximum atomic E-state index is 12.7. The molecule has 0 bridgehead atoms. The molecule has 25 heavy (non-hydrogen) atoms. The molecule has 0 unspecified atom stereocenters. The van der Waals surface area contributed by atoms with Crippen molar-refractivity contribution in [2.24, 2.45) is 0 Å². The Bertz CT molecular complexity index is 853. The van der Waals surface area contributed by atoms with E-state index in [1.165, 1.54) is 9.87 Å². The van der Waals surface area contributed by atoms with Gasteiger partial charge in [-0.15, -0.1) is 0 Å². The molecule has 2 aromatic rings. The first-order valence-corrected chi connectivity index (χ1v) is 9.97. The summed E-state index contributed by atoms with van der Waals surface area (Å²) in [5, 5.41) is 0. The van der Waals surface area contributed by atoms with Gasteiger partial charge < -0.3 is 4.90 Å². The van der Waals surface area contributed by atoms with E-state index in [9.17, 15) is 13.2 Å². The van der Waals surface area contributed by atoms with Crippen molar-refractivity contribution in [3.05, 3.63) is 65.5 Å². The van der Waals surface area contributed by atoms with Crippen molar-refractivity contribution in [2.75, 3.05) is 19.3 Å². The Morgan fingerprint density at radius 1 is 1.16 bits per heavy atom. The Morgan fingerprint density at radius 2 is 1.84 bits per heavy atom. The predicted octanol–water partition coefficient (Wildman–Crippen LogP) is 1.43. The number of pyridine rings is 1. The Morgan fingerprint density at radius 3 is 2.52 bits per heavy atom. The van der Waals surface area contributed by atoms with E-state index in [4.69, 9.17) is 0 Å². The van der Waals surface area contributed by atoms with Crippen LogP contribution in [0, 0.1) is 0 Å². The Balaban J connectivity index is 1.71. The Labute approximate surface area is 148 Å². The lowest BCUT2D eigenvalue weighted by molar-refractivity contribution is -0.132. The second kappa shape index (κ2) is 7.33. The number of hydrogen-bond acceptors (Lipinski definition) is 4. The number of rotatable bonds is 5. The summed E-state index contributed by atoms with van der Waals surface area (Å²) in [7, 11) is -3.49. The SMILES string of the molecule is CS(=O)(=O)N(CC(=O)N1CCc2ccccc2C1)Cc1ccncc1. The summed E-state index contributed by atoms with van der Waals surface area (Å²) in [6, 6.07) is 11.5. The van der Waals surface area contributed by atoms with E-state index < -0.39 is 10.0 Å². The van der Waals surface area contributed by atoms with Gasteiger partial charge >= 0.3 is 0 Å². The van der Waals surface area contributed by atoms with Crippen molar-refractivity contribution in [1.29, 1.82) is 0 Å². The van der Waals surface area contributed by atoms with Crippen molar-refractivity contribution in [3.63, 3.8) is 0 Å². The number of nitrogens with zero attached hydrogens (tertiary/aromatic N) is 3. The molecule has 0 radical (unpaired) electrons. The summed E-state index contributed by atoms with van der Waals surface area (Å²) in [5.74, 6) is -0.172. The molecule has 6 nitrogen and oxygen atoms in total. The smallest absolute Gasteiger partial charge is 0.238 e. The van der Waals surface area contributed by atoms with E-state index in [0.29, 0.717) is 13.1 Å². The van der Waals surface area contributed by atoms with E-state index in [-0.39, 0.29) is 19.0 Å². The third-order valence-corrected chi connectivity index (χ3v) is 5.57. The first-order valence-electron chi connectivity index (χ1n) is 8.12. The highest BCUT2D eigenvalue weighted by atomic mass is 32.2. The van der Waals surface area contributed by atoms with Gasteiger partial charge in [-0.05, 0) is 35.2 Å². The van der Waals surface area contributed by atoms with Crippen LogP contribution >= 0.6 is 0 Å². The molecule has 1 aliphatic heterocycles. The van der Waals surface area contributed by atoms with E-state index in [1.807, 2.05) is 18.2 Å². The molecule has 0 N–H and O–H groups in total. The minimum Gasteiger partial charge on any atom is -0.337 e. The van der Waals surface area contributed by atoms with Crippen molar-refractivity contribution in [3.8, 4) is 0 Å². The van der Waals surface area contributed by atoms with Crippen LogP contribution in [0.25, 0.3) is 0 Å². The van der Waals surface area contributed by atoms with E-state index in [0.717, 1.165) is 23.8 Å². The normalized spacial score (nSPS) is 14.4. The fourth-order valence-electron chi connectivity index (χ4n) is 2.94. The lowest BCUT2D eigenvalue weighted by Gasteiger charge is -2.30. The monoisotopic (exact) mass is 359 g/mol. The number of carbonyl (C=O) groups excluding carboxylic acids is 1. The van der Waals surface area contributed by atoms with Crippen molar-refractivity contribution >= 4 is 15.9 Å². The van der Waals surface area contributed by atoms with Crippen LogP contribution in [0.4, 0.5) is 0 Å². The van der Waals surface area contributed by atoms with Crippen LogP contribution in [0.5, 0.6) is 0 Å². The van der Waals surface area contributed by atoms with Gasteiger partial charge in [0.15, 0.2) is 0 Å². The zero-order valence-electron chi connectivity index (χ0n) is 14.1. The standard InChI is InChI=1S/C18H21N3O3S/c1-25(23,24)21(12-15-6-9-19-10-7-15)14-18(22)20-11-8-16-4-2-3-5-17(16)13-20/h2-7,9-10H,8,11-14H2,1H3. The topological polar surface area (TPSA) is 70.6 Å². The Kier molecular flexibility index (Phi) is 5.15. The first kappa shape index (κ1) is 17.6. The van der Waals surface area contributed by atoms with Crippen LogP contribution < -0.4 is 0 Å². The molecule has 1 aliphatic rings. The van der Waals surface area contributed by atoms with E-state index in [2.05, 4.69) is 11.1 Å². The third-order valence-electron chi connectivity index (χ3n) is 4.37. The summed E-state index contributed by atoms with van der Waals surface area (Å²) >= 11 is 0. The van der Waals surface area contributed by atoms with Gasteiger partial charge in [-0.3, -0.25) is 9.78 Å². The number of hydrogen-bond donors (Lipinski definition) is 0. The van der Waals surface area contributed by atoms with Gasteiger partial charge in [0.1, 0.15) is 0 Å². The quantitative estimate of drug-likeness (QED) is 0.810. The van der Waals surface area contributed by atoms with Gasteiger partial charge in [-0.1, -0.05) is 24.3 Å². The Hall–Kier alpha value is -2.25. The average Bonchev–Trinajstić information content (AvgIpc) is 2.61. The van der Waals surface area contributed by atoms with Crippen LogP contribution in [0.15, 0.2) is 48.8 Å². The predicted molar refractivity (Wildman–Crippen MR) is 95.1 cm³/mol. The molecule has 7 heteroatoms. The zero-order chi connectivity index (χ0) is 17.9. The van der Waals surface area contributed by atoms with Crippen LogP contribution in [0.2, 0.25) is 0 Å². The van der Waals surface area contributed by atoms with Crippen LogP contribution in [-0.4, -0.2) is 47.9 Å². The molecule has 0 saturated carbocycles. The highest BCUT2D eigenvalue weighted by Crippen LogP contribution is 2.19. The summed E-state index contributed by atoms with van der Waals surface area (Å²) < 4.78 is 25.4. The fourth-order valence-corrected chi connectivity index (χ4v) is 3.67. The maximum absolute atomic E-state index is 12.7.